The van der Waals surface area contributed by atoms with Crippen molar-refractivity contribution in [3.05, 3.63) is 0 Å². The molecular weight excluding hydrogens is 190 g/mol. The van der Waals surface area contributed by atoms with Crippen LogP contribution >= 0.6 is 0 Å². The first-order valence-corrected chi connectivity index (χ1v) is 6.22. The van der Waals surface area contributed by atoms with Crippen LogP contribution in [0.4, 0.5) is 0 Å². The smallest absolute Gasteiger partial charge is 0.303 e. The van der Waals surface area contributed by atoms with Crippen LogP contribution in [0, 0.1) is 11.8 Å². The average molecular weight is 211 g/mol. The Kier molecular flexibility index (Phi) is 3.62. The summed E-state index contributed by atoms with van der Waals surface area (Å²) in [5, 5.41) is 12.1. The Morgan fingerprint density at radius 3 is 2.80 bits per heavy atom. The van der Waals surface area contributed by atoms with Gasteiger partial charge in [0.05, 0.1) is 0 Å². The van der Waals surface area contributed by atoms with Crippen molar-refractivity contribution in [2.45, 2.75) is 51.0 Å². The number of hydrogen-bond acceptors (Lipinski definition) is 2. The number of rotatable bonds is 5. The van der Waals surface area contributed by atoms with E-state index in [0.29, 0.717) is 12.5 Å². The van der Waals surface area contributed by atoms with Gasteiger partial charge in [0.2, 0.25) is 0 Å². The number of piperidine rings is 1. The molecule has 3 atom stereocenters. The maximum atomic E-state index is 10.4. The van der Waals surface area contributed by atoms with E-state index in [1.54, 1.807) is 0 Å². The normalized spacial score (nSPS) is 34.3. The quantitative estimate of drug-likeness (QED) is 0.684. The standard InChI is InChI=1S/C12H21NO2/c14-12(15)4-2-1-3-11-10-6-5-9(10)7-8-13-11/h9-11,13H,1-8H2,(H,14,15). The van der Waals surface area contributed by atoms with Gasteiger partial charge in [-0.25, -0.2) is 0 Å². The predicted molar refractivity (Wildman–Crippen MR) is 58.7 cm³/mol. The Balaban J connectivity index is 1.63. The molecule has 1 aliphatic heterocycles. The third-order valence-electron chi connectivity index (χ3n) is 4.07. The molecule has 2 rings (SSSR count). The van der Waals surface area contributed by atoms with Crippen molar-refractivity contribution >= 4 is 5.97 Å². The number of unbranched alkanes of at least 4 members (excludes halogenated alkanes) is 1. The first kappa shape index (κ1) is 10.9. The van der Waals surface area contributed by atoms with Gasteiger partial charge < -0.3 is 10.4 Å². The number of carboxylic acid groups (broad SMARTS) is 1. The van der Waals surface area contributed by atoms with Crippen LogP contribution in [0.1, 0.15) is 44.9 Å². The van der Waals surface area contributed by atoms with Gasteiger partial charge in [0.15, 0.2) is 0 Å². The Hall–Kier alpha value is -0.570. The maximum absolute atomic E-state index is 10.4. The van der Waals surface area contributed by atoms with Gasteiger partial charge in [0.25, 0.3) is 0 Å². The minimum absolute atomic E-state index is 0.334. The lowest BCUT2D eigenvalue weighted by Crippen LogP contribution is -2.50. The Bertz CT molecular complexity index is 230. The second-order valence-corrected chi connectivity index (χ2v) is 4.99. The van der Waals surface area contributed by atoms with Crippen LogP contribution in [-0.4, -0.2) is 23.7 Å². The molecular formula is C12H21NO2. The number of carboxylic acids is 1. The van der Waals surface area contributed by atoms with Crippen molar-refractivity contribution in [3.8, 4) is 0 Å². The summed E-state index contributed by atoms with van der Waals surface area (Å²) in [5.74, 6) is 1.23. The highest BCUT2D eigenvalue weighted by Crippen LogP contribution is 2.42. The molecule has 1 aliphatic carbocycles. The van der Waals surface area contributed by atoms with E-state index in [-0.39, 0.29) is 0 Å². The van der Waals surface area contributed by atoms with Crippen molar-refractivity contribution in [2.75, 3.05) is 6.54 Å². The second-order valence-electron chi connectivity index (χ2n) is 4.99. The molecule has 15 heavy (non-hydrogen) atoms. The number of aliphatic carboxylic acids is 1. The molecule has 0 radical (unpaired) electrons. The Morgan fingerprint density at radius 1 is 1.27 bits per heavy atom. The first-order valence-electron chi connectivity index (χ1n) is 6.22. The molecule has 0 spiro atoms. The van der Waals surface area contributed by atoms with Crippen molar-refractivity contribution < 1.29 is 9.90 Å². The van der Waals surface area contributed by atoms with E-state index in [9.17, 15) is 4.79 Å². The largest absolute Gasteiger partial charge is 0.481 e. The first-order chi connectivity index (χ1) is 7.27. The lowest BCUT2D eigenvalue weighted by atomic mass is 9.65. The van der Waals surface area contributed by atoms with Crippen LogP contribution < -0.4 is 5.32 Å². The van der Waals surface area contributed by atoms with E-state index in [1.165, 1.54) is 32.2 Å². The predicted octanol–water partition coefficient (Wildman–Crippen LogP) is 2.02. The number of fused-ring (bicyclic) bond motifs is 1. The lowest BCUT2D eigenvalue weighted by molar-refractivity contribution is -0.137. The molecule has 1 saturated heterocycles. The summed E-state index contributed by atoms with van der Waals surface area (Å²) in [4.78, 5) is 10.4. The molecule has 0 aromatic carbocycles. The van der Waals surface area contributed by atoms with Gasteiger partial charge in [-0.15, -0.1) is 0 Å². The zero-order chi connectivity index (χ0) is 10.7. The van der Waals surface area contributed by atoms with Gasteiger partial charge in [-0.1, -0.05) is 6.42 Å². The average Bonchev–Trinajstić information content (AvgIpc) is 2.15. The van der Waals surface area contributed by atoms with E-state index in [2.05, 4.69) is 5.32 Å². The highest BCUT2D eigenvalue weighted by Gasteiger charge is 2.38. The van der Waals surface area contributed by atoms with E-state index in [4.69, 9.17) is 5.11 Å². The van der Waals surface area contributed by atoms with Crippen LogP contribution in [0.15, 0.2) is 0 Å². The summed E-state index contributed by atoms with van der Waals surface area (Å²) >= 11 is 0. The molecule has 2 fully saturated rings. The molecule has 1 heterocycles. The topological polar surface area (TPSA) is 49.3 Å². The van der Waals surface area contributed by atoms with Gasteiger partial charge >= 0.3 is 5.97 Å². The molecule has 0 aromatic rings. The van der Waals surface area contributed by atoms with Gasteiger partial charge in [-0.2, -0.15) is 0 Å². The minimum Gasteiger partial charge on any atom is -0.481 e. The molecule has 3 heteroatoms. The number of nitrogens with one attached hydrogen (secondary N) is 1. The van der Waals surface area contributed by atoms with Crippen LogP contribution in [-0.2, 0) is 4.79 Å². The fourth-order valence-corrected chi connectivity index (χ4v) is 3.05. The summed E-state index contributed by atoms with van der Waals surface area (Å²) in [6.07, 6.45) is 7.59. The zero-order valence-corrected chi connectivity index (χ0v) is 9.24. The molecule has 3 unspecified atom stereocenters. The van der Waals surface area contributed by atoms with Crippen LogP contribution in [0.5, 0.6) is 0 Å². The van der Waals surface area contributed by atoms with Crippen molar-refractivity contribution in [1.82, 2.24) is 5.32 Å². The van der Waals surface area contributed by atoms with Crippen molar-refractivity contribution in [3.63, 3.8) is 0 Å². The molecule has 1 saturated carbocycles. The molecule has 3 nitrogen and oxygen atoms in total. The minimum atomic E-state index is -0.659. The zero-order valence-electron chi connectivity index (χ0n) is 9.24. The van der Waals surface area contributed by atoms with E-state index >= 15 is 0 Å². The highest BCUT2D eigenvalue weighted by molar-refractivity contribution is 5.66. The monoisotopic (exact) mass is 211 g/mol. The Labute approximate surface area is 91.2 Å². The molecule has 0 bridgehead atoms. The highest BCUT2D eigenvalue weighted by atomic mass is 16.4. The lowest BCUT2D eigenvalue weighted by Gasteiger charge is -2.46. The SMILES string of the molecule is O=C(O)CCCCC1NCCC2CCC21. The number of carbonyl (C=O) groups is 1. The van der Waals surface area contributed by atoms with Gasteiger partial charge in [-0.3, -0.25) is 4.79 Å². The molecule has 0 aromatic heterocycles. The summed E-state index contributed by atoms with van der Waals surface area (Å²) < 4.78 is 0. The Morgan fingerprint density at radius 2 is 2.13 bits per heavy atom. The fourth-order valence-electron chi connectivity index (χ4n) is 3.05. The van der Waals surface area contributed by atoms with E-state index in [0.717, 1.165) is 24.7 Å². The summed E-state index contributed by atoms with van der Waals surface area (Å²) in [5.41, 5.74) is 0. The molecule has 86 valence electrons. The van der Waals surface area contributed by atoms with Crippen LogP contribution in [0.2, 0.25) is 0 Å². The maximum Gasteiger partial charge on any atom is 0.303 e. The second kappa shape index (κ2) is 4.97. The third kappa shape index (κ3) is 2.71. The summed E-state index contributed by atoms with van der Waals surface area (Å²) in [6.45, 7) is 1.17. The molecule has 0 amide bonds. The van der Waals surface area contributed by atoms with Gasteiger partial charge in [0, 0.05) is 12.5 Å². The molecule has 2 aliphatic rings. The van der Waals surface area contributed by atoms with Crippen LogP contribution in [0.3, 0.4) is 0 Å². The van der Waals surface area contributed by atoms with Crippen LogP contribution in [0.25, 0.3) is 0 Å². The van der Waals surface area contributed by atoms with Crippen molar-refractivity contribution in [2.24, 2.45) is 11.8 Å². The number of hydrogen-bond donors (Lipinski definition) is 2. The summed E-state index contributed by atoms with van der Waals surface area (Å²) in [6, 6.07) is 0.686. The fraction of sp³-hybridized carbons (Fsp3) is 0.917. The van der Waals surface area contributed by atoms with E-state index in [1.807, 2.05) is 0 Å². The van der Waals surface area contributed by atoms with Gasteiger partial charge in [0.1, 0.15) is 0 Å². The summed E-state index contributed by atoms with van der Waals surface area (Å²) in [7, 11) is 0. The van der Waals surface area contributed by atoms with Crippen molar-refractivity contribution in [1.29, 1.82) is 0 Å². The van der Waals surface area contributed by atoms with E-state index < -0.39 is 5.97 Å². The molecule has 2 N–H and O–H groups in total. The third-order valence-corrected chi connectivity index (χ3v) is 4.07. The van der Waals surface area contributed by atoms with Gasteiger partial charge in [-0.05, 0) is 50.5 Å².